The average molecular weight is 261 g/mol. The van der Waals surface area contributed by atoms with Crippen molar-refractivity contribution in [2.45, 2.75) is 31.7 Å². The van der Waals surface area contributed by atoms with Crippen LogP contribution in [-0.4, -0.2) is 49.4 Å². The third kappa shape index (κ3) is 5.27. The number of rotatable bonds is 9. The minimum absolute atomic E-state index is 0.0939. The number of nitrogens with one attached hydrogen (secondary N) is 1. The van der Waals surface area contributed by atoms with Gasteiger partial charge in [0.1, 0.15) is 0 Å². The van der Waals surface area contributed by atoms with Gasteiger partial charge in [0, 0.05) is 18.4 Å². The van der Waals surface area contributed by atoms with Crippen LogP contribution in [0.1, 0.15) is 25.7 Å². The summed E-state index contributed by atoms with van der Waals surface area (Å²) in [6, 6.07) is 0.360. The number of hydrogen-bond donors (Lipinski definition) is 2. The number of aliphatic hydroxyl groups excluding tert-OH is 1. The molecule has 0 aromatic heterocycles. The summed E-state index contributed by atoms with van der Waals surface area (Å²) in [6.45, 7) is 0.222. The Hall–Kier alpha value is -0.260. The van der Waals surface area contributed by atoms with E-state index in [9.17, 15) is 4.79 Å². The van der Waals surface area contributed by atoms with Crippen molar-refractivity contribution in [3.05, 3.63) is 0 Å². The van der Waals surface area contributed by atoms with E-state index in [1.807, 2.05) is 18.8 Å². The van der Waals surface area contributed by atoms with E-state index in [0.29, 0.717) is 12.5 Å². The van der Waals surface area contributed by atoms with Gasteiger partial charge in [0.2, 0.25) is 0 Å². The SMILES string of the molecule is CNC(CCO)CSCC1(CC(=O)OC)CC1. The lowest BCUT2D eigenvalue weighted by atomic mass is 10.1. The van der Waals surface area contributed by atoms with Crippen molar-refractivity contribution in [2.75, 3.05) is 32.3 Å². The Morgan fingerprint density at radius 1 is 1.59 bits per heavy atom. The second kappa shape index (κ2) is 7.24. The number of carbonyl (C=O) groups excluding carboxylic acids is 1. The summed E-state index contributed by atoms with van der Waals surface area (Å²) in [4.78, 5) is 11.2. The molecule has 1 aliphatic carbocycles. The van der Waals surface area contributed by atoms with Gasteiger partial charge in [0.25, 0.3) is 0 Å². The third-order valence-corrected chi connectivity index (χ3v) is 4.77. The van der Waals surface area contributed by atoms with E-state index in [1.165, 1.54) is 7.11 Å². The molecule has 17 heavy (non-hydrogen) atoms. The van der Waals surface area contributed by atoms with Gasteiger partial charge in [-0.3, -0.25) is 4.79 Å². The summed E-state index contributed by atoms with van der Waals surface area (Å²) in [6.07, 6.45) is 3.62. The topological polar surface area (TPSA) is 58.6 Å². The van der Waals surface area contributed by atoms with Gasteiger partial charge in [-0.1, -0.05) is 0 Å². The molecule has 1 unspecified atom stereocenters. The third-order valence-electron chi connectivity index (χ3n) is 3.32. The summed E-state index contributed by atoms with van der Waals surface area (Å²) in [5.41, 5.74) is 0.204. The van der Waals surface area contributed by atoms with Gasteiger partial charge in [-0.05, 0) is 37.5 Å². The molecule has 0 amide bonds. The second-order valence-electron chi connectivity index (χ2n) is 4.77. The maximum Gasteiger partial charge on any atom is 0.306 e. The molecule has 0 saturated heterocycles. The normalized spacial score (nSPS) is 18.8. The number of esters is 1. The molecule has 1 rings (SSSR count). The van der Waals surface area contributed by atoms with Crippen LogP contribution in [0.15, 0.2) is 0 Å². The Morgan fingerprint density at radius 2 is 2.29 bits per heavy atom. The van der Waals surface area contributed by atoms with Gasteiger partial charge in [-0.25, -0.2) is 0 Å². The Morgan fingerprint density at radius 3 is 2.76 bits per heavy atom. The van der Waals surface area contributed by atoms with Crippen molar-refractivity contribution in [3.8, 4) is 0 Å². The molecule has 0 bridgehead atoms. The molecule has 0 radical (unpaired) electrons. The van der Waals surface area contributed by atoms with Crippen molar-refractivity contribution in [1.29, 1.82) is 0 Å². The first-order chi connectivity index (χ1) is 8.15. The highest BCUT2D eigenvalue weighted by Gasteiger charge is 2.44. The number of aliphatic hydroxyl groups is 1. The number of ether oxygens (including phenoxy) is 1. The summed E-state index contributed by atoms with van der Waals surface area (Å²) >= 11 is 1.87. The van der Waals surface area contributed by atoms with Crippen LogP contribution in [0.2, 0.25) is 0 Å². The smallest absolute Gasteiger partial charge is 0.306 e. The van der Waals surface area contributed by atoms with E-state index in [4.69, 9.17) is 9.84 Å². The number of thioether (sulfide) groups is 1. The Balaban J connectivity index is 2.19. The van der Waals surface area contributed by atoms with Crippen LogP contribution in [0.25, 0.3) is 0 Å². The lowest BCUT2D eigenvalue weighted by Crippen LogP contribution is -2.29. The first kappa shape index (κ1) is 14.8. The molecule has 2 N–H and O–H groups in total. The monoisotopic (exact) mass is 261 g/mol. The molecule has 1 fully saturated rings. The van der Waals surface area contributed by atoms with E-state index in [0.717, 1.165) is 30.8 Å². The first-order valence-corrected chi connectivity index (χ1v) is 7.24. The predicted octanol–water partition coefficient (Wildman–Crippen LogP) is 1.03. The maximum absolute atomic E-state index is 11.2. The first-order valence-electron chi connectivity index (χ1n) is 6.08. The van der Waals surface area contributed by atoms with E-state index < -0.39 is 0 Å². The van der Waals surface area contributed by atoms with Crippen LogP contribution >= 0.6 is 11.8 Å². The lowest BCUT2D eigenvalue weighted by molar-refractivity contribution is -0.141. The van der Waals surface area contributed by atoms with Crippen molar-refractivity contribution in [2.24, 2.45) is 5.41 Å². The van der Waals surface area contributed by atoms with E-state index >= 15 is 0 Å². The molecular formula is C12H23NO3S. The molecule has 0 heterocycles. The zero-order valence-electron chi connectivity index (χ0n) is 10.7. The van der Waals surface area contributed by atoms with Crippen LogP contribution < -0.4 is 5.32 Å². The largest absolute Gasteiger partial charge is 0.469 e. The molecule has 1 saturated carbocycles. The van der Waals surface area contributed by atoms with Crippen molar-refractivity contribution < 1.29 is 14.6 Å². The standard InChI is InChI=1S/C12H23NO3S/c1-13-10(3-6-14)8-17-9-12(4-5-12)7-11(15)16-2/h10,13-14H,3-9H2,1-2H3. The average Bonchev–Trinajstić information content (AvgIpc) is 3.08. The van der Waals surface area contributed by atoms with Crippen molar-refractivity contribution in [1.82, 2.24) is 5.32 Å². The molecule has 0 aromatic carbocycles. The van der Waals surface area contributed by atoms with Gasteiger partial charge >= 0.3 is 5.97 Å². The number of methoxy groups -OCH3 is 1. The zero-order valence-corrected chi connectivity index (χ0v) is 11.5. The molecule has 0 spiro atoms. The molecule has 1 aliphatic rings. The second-order valence-corrected chi connectivity index (χ2v) is 5.80. The highest BCUT2D eigenvalue weighted by atomic mass is 32.2. The van der Waals surface area contributed by atoms with Crippen LogP contribution in [0, 0.1) is 5.41 Å². The highest BCUT2D eigenvalue weighted by Crippen LogP contribution is 2.51. The van der Waals surface area contributed by atoms with Gasteiger partial charge in [0.05, 0.1) is 13.5 Å². The fourth-order valence-corrected chi connectivity index (χ4v) is 3.37. The summed E-state index contributed by atoms with van der Waals surface area (Å²) in [5, 5.41) is 12.1. The minimum Gasteiger partial charge on any atom is -0.469 e. The number of carbonyl (C=O) groups is 1. The summed E-state index contributed by atoms with van der Waals surface area (Å²) in [7, 11) is 3.37. The Bertz CT molecular complexity index is 244. The van der Waals surface area contributed by atoms with E-state index in [2.05, 4.69) is 5.32 Å². The van der Waals surface area contributed by atoms with Crippen LogP contribution in [-0.2, 0) is 9.53 Å². The molecular weight excluding hydrogens is 238 g/mol. The maximum atomic E-state index is 11.2. The van der Waals surface area contributed by atoms with E-state index in [-0.39, 0.29) is 18.0 Å². The molecule has 5 heteroatoms. The van der Waals surface area contributed by atoms with Crippen LogP contribution in [0.3, 0.4) is 0 Å². The highest BCUT2D eigenvalue weighted by molar-refractivity contribution is 7.99. The van der Waals surface area contributed by atoms with Gasteiger partial charge in [0.15, 0.2) is 0 Å². The van der Waals surface area contributed by atoms with Crippen LogP contribution in [0.5, 0.6) is 0 Å². The molecule has 4 nitrogen and oxygen atoms in total. The van der Waals surface area contributed by atoms with Crippen LogP contribution in [0.4, 0.5) is 0 Å². The molecule has 100 valence electrons. The van der Waals surface area contributed by atoms with Crippen molar-refractivity contribution >= 4 is 17.7 Å². The fourth-order valence-electron chi connectivity index (χ4n) is 1.81. The minimum atomic E-state index is -0.0939. The van der Waals surface area contributed by atoms with Gasteiger partial charge < -0.3 is 15.2 Å². The Kier molecular flexibility index (Phi) is 6.30. The zero-order chi connectivity index (χ0) is 12.7. The molecule has 0 aliphatic heterocycles. The Labute approximate surface area is 107 Å². The van der Waals surface area contributed by atoms with Crippen molar-refractivity contribution in [3.63, 3.8) is 0 Å². The summed E-state index contributed by atoms with van der Waals surface area (Å²) in [5.74, 6) is 1.91. The summed E-state index contributed by atoms with van der Waals surface area (Å²) < 4.78 is 4.72. The predicted molar refractivity (Wildman–Crippen MR) is 70.2 cm³/mol. The quantitative estimate of drug-likeness (QED) is 0.607. The number of hydrogen-bond acceptors (Lipinski definition) is 5. The fraction of sp³-hybridized carbons (Fsp3) is 0.917. The lowest BCUT2D eigenvalue weighted by Gasteiger charge is -2.17. The van der Waals surface area contributed by atoms with E-state index in [1.54, 1.807) is 0 Å². The molecule has 0 aromatic rings. The van der Waals surface area contributed by atoms with Gasteiger partial charge in [-0.15, -0.1) is 0 Å². The van der Waals surface area contributed by atoms with Gasteiger partial charge in [-0.2, -0.15) is 11.8 Å². The molecule has 1 atom stereocenters.